The monoisotopic (exact) mass is 277 g/mol. The first-order valence-electron chi connectivity index (χ1n) is 7.94. The van der Waals surface area contributed by atoms with E-state index < -0.39 is 0 Å². The van der Waals surface area contributed by atoms with Crippen LogP contribution in [0.2, 0.25) is 0 Å². The molecule has 1 saturated carbocycles. The zero-order valence-electron chi connectivity index (χ0n) is 11.8. The van der Waals surface area contributed by atoms with E-state index in [0.29, 0.717) is 18.4 Å². The molecule has 0 aromatic rings. The van der Waals surface area contributed by atoms with Crippen molar-refractivity contribution in [2.45, 2.75) is 6.42 Å². The topological polar surface area (TPSA) is 58.4 Å². The van der Waals surface area contributed by atoms with Gasteiger partial charge in [-0.1, -0.05) is 12.2 Å². The number of amides is 2. The normalized spacial score (nSPS) is 39.9. The molecule has 2 heterocycles. The minimum Gasteiger partial charge on any atom is -0.337 e. The zero-order valence-corrected chi connectivity index (χ0v) is 11.8. The molecule has 108 valence electrons. The fourth-order valence-corrected chi connectivity index (χ4v) is 4.59. The van der Waals surface area contributed by atoms with Gasteiger partial charge in [0.25, 0.3) is 0 Å². The third-order valence-electron chi connectivity index (χ3n) is 5.65. The van der Waals surface area contributed by atoms with Gasteiger partial charge in [0.05, 0.1) is 24.9 Å². The van der Waals surface area contributed by atoms with Gasteiger partial charge in [-0.15, -0.1) is 0 Å². The van der Waals surface area contributed by atoms with E-state index in [1.807, 2.05) is 0 Å². The lowest BCUT2D eigenvalue weighted by atomic mass is 9.85. The van der Waals surface area contributed by atoms with E-state index in [4.69, 9.17) is 0 Å². The summed E-state index contributed by atoms with van der Waals surface area (Å²) in [6.45, 7) is 6.17. The van der Waals surface area contributed by atoms with Crippen molar-refractivity contribution < 1.29 is 19.8 Å². The van der Waals surface area contributed by atoms with Crippen LogP contribution in [0.25, 0.3) is 0 Å². The van der Waals surface area contributed by atoms with Crippen LogP contribution < -0.4 is 10.2 Å². The third-order valence-corrected chi connectivity index (χ3v) is 5.65. The van der Waals surface area contributed by atoms with Gasteiger partial charge in [0.2, 0.25) is 11.8 Å². The van der Waals surface area contributed by atoms with Gasteiger partial charge in [-0.2, -0.15) is 0 Å². The number of nitrogens with zero attached hydrogens (tertiary/aromatic N) is 1. The summed E-state index contributed by atoms with van der Waals surface area (Å²) in [5.74, 6) is 0.843. The van der Waals surface area contributed by atoms with E-state index >= 15 is 0 Å². The number of hydrogen-bond donors (Lipinski definition) is 2. The van der Waals surface area contributed by atoms with Crippen LogP contribution in [-0.2, 0) is 9.59 Å². The smallest absolute Gasteiger partial charge is 0.233 e. The summed E-state index contributed by atoms with van der Waals surface area (Å²) in [6.07, 6.45) is 5.34. The predicted molar refractivity (Wildman–Crippen MR) is 71.7 cm³/mol. The Hall–Kier alpha value is -1.20. The highest BCUT2D eigenvalue weighted by Gasteiger charge is 2.59. The molecule has 2 aliphatic carbocycles. The Morgan fingerprint density at radius 2 is 1.70 bits per heavy atom. The maximum atomic E-state index is 12.5. The Balaban J connectivity index is 1.42. The van der Waals surface area contributed by atoms with Crippen molar-refractivity contribution in [2.24, 2.45) is 23.7 Å². The van der Waals surface area contributed by atoms with Crippen molar-refractivity contribution in [1.29, 1.82) is 0 Å². The van der Waals surface area contributed by atoms with Crippen LogP contribution in [0.3, 0.4) is 0 Å². The van der Waals surface area contributed by atoms with E-state index in [-0.39, 0.29) is 23.7 Å². The maximum Gasteiger partial charge on any atom is 0.233 e. The Kier molecular flexibility index (Phi) is 2.93. The van der Waals surface area contributed by atoms with Gasteiger partial charge in [0, 0.05) is 0 Å². The highest BCUT2D eigenvalue weighted by molar-refractivity contribution is 6.06. The number of nitrogens with two attached hydrogens (primary N) is 1. The fraction of sp³-hybridized carbons (Fsp3) is 0.733. The second-order valence-corrected chi connectivity index (χ2v) is 6.69. The van der Waals surface area contributed by atoms with Crippen molar-refractivity contribution in [3.05, 3.63) is 12.2 Å². The average molecular weight is 277 g/mol. The van der Waals surface area contributed by atoms with Gasteiger partial charge in [0.1, 0.15) is 26.2 Å². The van der Waals surface area contributed by atoms with Gasteiger partial charge in [-0.25, -0.2) is 0 Å². The Bertz CT molecular complexity index is 440. The maximum absolute atomic E-state index is 12.5. The minimum atomic E-state index is -0.0258. The SMILES string of the molecule is O=C1[C@@H]2[C@H](C(=O)N1CC[NH+]1CC[NH2+]CC1)[C@H]1C=C[C@H]2C1. The third kappa shape index (κ3) is 1.76. The lowest BCUT2D eigenvalue weighted by Crippen LogP contribution is -3.20. The number of piperazine rings is 1. The molecule has 0 spiro atoms. The number of hydrogen-bond acceptors (Lipinski definition) is 2. The van der Waals surface area contributed by atoms with E-state index in [1.165, 1.54) is 4.90 Å². The molecule has 3 fully saturated rings. The fourth-order valence-electron chi connectivity index (χ4n) is 4.59. The largest absolute Gasteiger partial charge is 0.337 e. The number of carbonyl (C=O) groups excluding carboxylic acids is 2. The molecule has 5 nitrogen and oxygen atoms in total. The lowest BCUT2D eigenvalue weighted by Gasteiger charge is -2.24. The Morgan fingerprint density at radius 1 is 1.10 bits per heavy atom. The molecule has 2 bridgehead atoms. The van der Waals surface area contributed by atoms with E-state index in [0.717, 1.165) is 39.1 Å². The summed E-state index contributed by atoms with van der Waals surface area (Å²) in [5.41, 5.74) is 0. The summed E-state index contributed by atoms with van der Waals surface area (Å²) < 4.78 is 0. The van der Waals surface area contributed by atoms with E-state index in [1.54, 1.807) is 4.90 Å². The molecule has 4 aliphatic rings. The number of likely N-dealkylation sites (tertiary alicyclic amines) is 1. The quantitative estimate of drug-likeness (QED) is 0.434. The Labute approximate surface area is 119 Å². The molecular formula is C15H23N3O2+2. The molecular weight excluding hydrogens is 254 g/mol. The number of quaternary nitrogens is 2. The van der Waals surface area contributed by atoms with Crippen molar-refractivity contribution in [3.8, 4) is 0 Å². The molecule has 0 unspecified atom stereocenters. The summed E-state index contributed by atoms with van der Waals surface area (Å²) in [6, 6.07) is 0. The second kappa shape index (κ2) is 4.67. The first kappa shape index (κ1) is 12.5. The van der Waals surface area contributed by atoms with Gasteiger partial charge < -0.3 is 10.2 Å². The molecule has 2 amide bonds. The van der Waals surface area contributed by atoms with Crippen LogP contribution in [0.15, 0.2) is 12.2 Å². The second-order valence-electron chi connectivity index (χ2n) is 6.69. The van der Waals surface area contributed by atoms with Crippen LogP contribution in [0, 0.1) is 23.7 Å². The minimum absolute atomic E-state index is 0.0258. The molecule has 3 N–H and O–H groups in total. The average Bonchev–Trinajstić information content (AvgIpc) is 3.13. The molecule has 0 radical (unpaired) electrons. The summed E-state index contributed by atoms with van der Waals surface area (Å²) >= 11 is 0. The van der Waals surface area contributed by atoms with Gasteiger partial charge >= 0.3 is 0 Å². The molecule has 0 aromatic heterocycles. The van der Waals surface area contributed by atoms with E-state index in [9.17, 15) is 9.59 Å². The summed E-state index contributed by atoms with van der Waals surface area (Å²) in [4.78, 5) is 28.1. The van der Waals surface area contributed by atoms with Gasteiger partial charge in [-0.3, -0.25) is 14.5 Å². The van der Waals surface area contributed by atoms with Crippen molar-refractivity contribution >= 4 is 11.8 Å². The standard InChI is InChI=1S/C15H21N3O2/c19-14-12-10-1-2-11(9-10)13(12)15(20)18(14)8-7-17-5-3-16-4-6-17/h1-2,10-13,16H,3-9H2/p+2/t10-,11-,12-,13+/m0/s1. The van der Waals surface area contributed by atoms with Crippen LogP contribution in [0.1, 0.15) is 6.42 Å². The molecule has 4 rings (SSSR count). The number of imide groups is 1. The van der Waals surface area contributed by atoms with Crippen LogP contribution >= 0.6 is 0 Å². The highest BCUT2D eigenvalue weighted by Crippen LogP contribution is 2.52. The van der Waals surface area contributed by atoms with Crippen molar-refractivity contribution in [3.63, 3.8) is 0 Å². The number of carbonyl (C=O) groups is 2. The predicted octanol–water partition coefficient (Wildman–Crippen LogP) is -2.74. The number of nitrogens with one attached hydrogen (secondary N) is 1. The highest BCUT2D eigenvalue weighted by atomic mass is 16.2. The van der Waals surface area contributed by atoms with Gasteiger partial charge in [-0.05, 0) is 18.3 Å². The first-order chi connectivity index (χ1) is 9.75. The number of rotatable bonds is 3. The number of fused-ring (bicyclic) bond motifs is 5. The van der Waals surface area contributed by atoms with Crippen LogP contribution in [0.5, 0.6) is 0 Å². The van der Waals surface area contributed by atoms with Gasteiger partial charge in [0.15, 0.2) is 0 Å². The van der Waals surface area contributed by atoms with Crippen molar-refractivity contribution in [2.75, 3.05) is 39.3 Å². The van der Waals surface area contributed by atoms with Crippen LogP contribution in [0.4, 0.5) is 0 Å². The van der Waals surface area contributed by atoms with E-state index in [2.05, 4.69) is 17.5 Å². The Morgan fingerprint density at radius 3 is 2.30 bits per heavy atom. The summed E-state index contributed by atoms with van der Waals surface area (Å²) in [7, 11) is 0. The molecule has 2 aliphatic heterocycles. The molecule has 5 heteroatoms. The van der Waals surface area contributed by atoms with Crippen LogP contribution in [-0.4, -0.2) is 56.0 Å². The number of allylic oxidation sites excluding steroid dienone is 2. The molecule has 2 saturated heterocycles. The molecule has 20 heavy (non-hydrogen) atoms. The lowest BCUT2D eigenvalue weighted by molar-refractivity contribution is -0.946. The zero-order chi connectivity index (χ0) is 13.7. The molecule has 4 atom stereocenters. The van der Waals surface area contributed by atoms with Crippen molar-refractivity contribution in [1.82, 2.24) is 4.90 Å². The first-order valence-corrected chi connectivity index (χ1v) is 7.94. The summed E-state index contributed by atoms with van der Waals surface area (Å²) in [5, 5.41) is 2.34. The molecule has 0 aromatic carbocycles.